The van der Waals surface area contributed by atoms with Crippen LogP contribution in [0.4, 0.5) is 0 Å². The summed E-state index contributed by atoms with van der Waals surface area (Å²) in [6.45, 7) is 4.92. The molecule has 1 aromatic heterocycles. The van der Waals surface area contributed by atoms with E-state index in [1.54, 1.807) is 7.05 Å². The van der Waals surface area contributed by atoms with E-state index in [-0.39, 0.29) is 0 Å². The number of aromatic amines is 1. The Morgan fingerprint density at radius 3 is 2.86 bits per heavy atom. The number of hydrogen-bond donors (Lipinski definition) is 3. The van der Waals surface area contributed by atoms with Crippen LogP contribution in [-0.4, -0.2) is 49.3 Å². The van der Waals surface area contributed by atoms with Gasteiger partial charge in [-0.25, -0.2) is 4.98 Å². The number of guanidine groups is 1. The normalized spacial score (nSPS) is 11.8. The van der Waals surface area contributed by atoms with Crippen molar-refractivity contribution in [3.05, 3.63) is 30.1 Å². The maximum Gasteiger partial charge on any atom is 0.191 e. The molecule has 2 aromatic rings. The third-order valence-electron chi connectivity index (χ3n) is 3.06. The number of aliphatic imine (C=N–C) groups is 1. The van der Waals surface area contributed by atoms with Crippen LogP contribution in [0.1, 0.15) is 12.7 Å². The quantitative estimate of drug-likeness (QED) is 0.408. The van der Waals surface area contributed by atoms with Crippen molar-refractivity contribution in [2.24, 2.45) is 4.99 Å². The van der Waals surface area contributed by atoms with Crippen molar-refractivity contribution < 1.29 is 4.74 Å². The number of aromatic nitrogens is 2. The molecule has 0 saturated heterocycles. The molecule has 0 unspecified atom stereocenters. The molecule has 6 heteroatoms. The fourth-order valence-corrected chi connectivity index (χ4v) is 2.03. The first kappa shape index (κ1) is 15.3. The standard InChI is InChI=1S/C15H23N5O/c1-3-21-11-10-18-15(16-2)17-9-8-14-19-12-6-4-5-7-13(12)20-14/h4-7H,3,8-11H2,1-2H3,(H,19,20)(H2,16,17,18). The number of H-pyrrole nitrogens is 1. The van der Waals surface area contributed by atoms with Gasteiger partial charge in [-0.2, -0.15) is 0 Å². The van der Waals surface area contributed by atoms with E-state index < -0.39 is 0 Å². The molecule has 0 fully saturated rings. The fourth-order valence-electron chi connectivity index (χ4n) is 2.03. The number of nitrogens with zero attached hydrogens (tertiary/aromatic N) is 2. The van der Waals surface area contributed by atoms with Crippen LogP contribution in [0, 0.1) is 0 Å². The number of nitrogens with one attached hydrogen (secondary N) is 3. The Hall–Kier alpha value is -2.08. The molecule has 0 saturated carbocycles. The zero-order chi connectivity index (χ0) is 14.9. The van der Waals surface area contributed by atoms with E-state index in [0.29, 0.717) is 6.61 Å². The van der Waals surface area contributed by atoms with Crippen molar-refractivity contribution in [3.63, 3.8) is 0 Å². The molecule has 0 aliphatic heterocycles. The summed E-state index contributed by atoms with van der Waals surface area (Å²) in [7, 11) is 1.76. The molecule has 0 aliphatic carbocycles. The van der Waals surface area contributed by atoms with Crippen molar-refractivity contribution >= 4 is 17.0 Å². The minimum atomic E-state index is 0.681. The molecule has 1 aromatic carbocycles. The van der Waals surface area contributed by atoms with Gasteiger partial charge >= 0.3 is 0 Å². The predicted molar refractivity (Wildman–Crippen MR) is 85.7 cm³/mol. The number of benzene rings is 1. The second-order valence-corrected chi connectivity index (χ2v) is 4.57. The van der Waals surface area contributed by atoms with Gasteiger partial charge in [-0.3, -0.25) is 4.99 Å². The molecule has 0 atom stereocenters. The Morgan fingerprint density at radius 1 is 1.29 bits per heavy atom. The number of fused-ring (bicyclic) bond motifs is 1. The van der Waals surface area contributed by atoms with Gasteiger partial charge in [-0.15, -0.1) is 0 Å². The Labute approximate surface area is 125 Å². The van der Waals surface area contributed by atoms with E-state index in [1.807, 2.05) is 31.2 Å². The average Bonchev–Trinajstić information content (AvgIpc) is 2.92. The van der Waals surface area contributed by atoms with Crippen LogP contribution in [-0.2, 0) is 11.2 Å². The van der Waals surface area contributed by atoms with E-state index >= 15 is 0 Å². The van der Waals surface area contributed by atoms with Gasteiger partial charge in [0, 0.05) is 33.2 Å². The third kappa shape index (κ3) is 4.75. The number of hydrogen-bond acceptors (Lipinski definition) is 3. The molecule has 0 spiro atoms. The highest BCUT2D eigenvalue weighted by molar-refractivity contribution is 5.79. The number of rotatable bonds is 7. The number of ether oxygens (including phenoxy) is 1. The molecular weight excluding hydrogens is 266 g/mol. The van der Waals surface area contributed by atoms with Crippen molar-refractivity contribution in [2.75, 3.05) is 33.4 Å². The van der Waals surface area contributed by atoms with E-state index in [9.17, 15) is 0 Å². The molecule has 114 valence electrons. The van der Waals surface area contributed by atoms with E-state index in [0.717, 1.165) is 48.9 Å². The summed E-state index contributed by atoms with van der Waals surface area (Å²) >= 11 is 0. The molecule has 0 amide bonds. The van der Waals surface area contributed by atoms with Gasteiger partial charge in [0.05, 0.1) is 17.6 Å². The van der Waals surface area contributed by atoms with Crippen molar-refractivity contribution in [3.8, 4) is 0 Å². The molecule has 3 N–H and O–H groups in total. The van der Waals surface area contributed by atoms with Gasteiger partial charge in [0.1, 0.15) is 5.82 Å². The highest BCUT2D eigenvalue weighted by atomic mass is 16.5. The second-order valence-electron chi connectivity index (χ2n) is 4.57. The summed E-state index contributed by atoms with van der Waals surface area (Å²) in [5.41, 5.74) is 2.08. The molecule has 0 aliphatic rings. The third-order valence-corrected chi connectivity index (χ3v) is 3.06. The Balaban J connectivity index is 1.74. The Kier molecular flexibility index (Phi) is 6.02. The van der Waals surface area contributed by atoms with Crippen LogP contribution < -0.4 is 10.6 Å². The van der Waals surface area contributed by atoms with Crippen molar-refractivity contribution in [1.29, 1.82) is 0 Å². The van der Waals surface area contributed by atoms with Gasteiger partial charge in [-0.05, 0) is 19.1 Å². The topological polar surface area (TPSA) is 74.3 Å². The minimum Gasteiger partial charge on any atom is -0.380 e. The number of para-hydroxylation sites is 2. The minimum absolute atomic E-state index is 0.681. The zero-order valence-electron chi connectivity index (χ0n) is 12.6. The highest BCUT2D eigenvalue weighted by Gasteiger charge is 2.02. The first-order chi connectivity index (χ1) is 10.3. The Morgan fingerprint density at radius 2 is 2.10 bits per heavy atom. The summed E-state index contributed by atoms with van der Waals surface area (Å²) in [5, 5.41) is 6.46. The lowest BCUT2D eigenvalue weighted by Crippen LogP contribution is -2.39. The molecule has 2 rings (SSSR count). The summed E-state index contributed by atoms with van der Waals surface area (Å²) in [6.07, 6.45) is 0.820. The van der Waals surface area contributed by atoms with Gasteiger partial charge in [-0.1, -0.05) is 12.1 Å². The molecule has 0 radical (unpaired) electrons. The first-order valence-corrected chi connectivity index (χ1v) is 7.29. The average molecular weight is 289 g/mol. The van der Waals surface area contributed by atoms with Crippen LogP contribution in [0.3, 0.4) is 0 Å². The van der Waals surface area contributed by atoms with Gasteiger partial charge in [0.2, 0.25) is 0 Å². The monoisotopic (exact) mass is 289 g/mol. The smallest absolute Gasteiger partial charge is 0.191 e. The summed E-state index contributed by atoms with van der Waals surface area (Å²) in [4.78, 5) is 12.0. The Bertz CT molecular complexity index is 545. The lowest BCUT2D eigenvalue weighted by Gasteiger charge is -2.11. The van der Waals surface area contributed by atoms with Gasteiger partial charge in [0.15, 0.2) is 5.96 Å². The SMILES string of the molecule is CCOCCNC(=NC)NCCc1nc2ccccc2[nH]1. The van der Waals surface area contributed by atoms with Crippen molar-refractivity contribution in [2.45, 2.75) is 13.3 Å². The predicted octanol–water partition coefficient (Wildman–Crippen LogP) is 1.31. The maximum atomic E-state index is 5.28. The summed E-state index contributed by atoms with van der Waals surface area (Å²) < 4.78 is 5.28. The lowest BCUT2D eigenvalue weighted by molar-refractivity contribution is 0.152. The molecule has 1 heterocycles. The molecule has 6 nitrogen and oxygen atoms in total. The van der Waals surface area contributed by atoms with Crippen LogP contribution >= 0.6 is 0 Å². The summed E-state index contributed by atoms with van der Waals surface area (Å²) in [6, 6.07) is 8.05. The largest absolute Gasteiger partial charge is 0.380 e. The van der Waals surface area contributed by atoms with E-state index in [2.05, 4.69) is 25.6 Å². The van der Waals surface area contributed by atoms with Crippen molar-refractivity contribution in [1.82, 2.24) is 20.6 Å². The zero-order valence-corrected chi connectivity index (χ0v) is 12.6. The molecular formula is C15H23N5O. The van der Waals surface area contributed by atoms with E-state index in [4.69, 9.17) is 4.74 Å². The maximum absolute atomic E-state index is 5.28. The van der Waals surface area contributed by atoms with Crippen LogP contribution in [0.15, 0.2) is 29.3 Å². The van der Waals surface area contributed by atoms with Gasteiger partial charge in [0.25, 0.3) is 0 Å². The highest BCUT2D eigenvalue weighted by Crippen LogP contribution is 2.10. The van der Waals surface area contributed by atoms with E-state index in [1.165, 1.54) is 0 Å². The van der Waals surface area contributed by atoms with Gasteiger partial charge < -0.3 is 20.4 Å². The van der Waals surface area contributed by atoms with Crippen LogP contribution in [0.25, 0.3) is 11.0 Å². The molecule has 21 heavy (non-hydrogen) atoms. The number of imidazole rings is 1. The lowest BCUT2D eigenvalue weighted by atomic mass is 10.3. The summed E-state index contributed by atoms with van der Waals surface area (Å²) in [5.74, 6) is 1.76. The first-order valence-electron chi connectivity index (χ1n) is 7.29. The van der Waals surface area contributed by atoms with Crippen LogP contribution in [0.2, 0.25) is 0 Å². The molecule has 0 bridgehead atoms. The second kappa shape index (κ2) is 8.26. The van der Waals surface area contributed by atoms with Crippen LogP contribution in [0.5, 0.6) is 0 Å². The fraction of sp³-hybridized carbons (Fsp3) is 0.467.